The predicted molar refractivity (Wildman–Crippen MR) is 86.4 cm³/mol. The summed E-state index contributed by atoms with van der Waals surface area (Å²) in [5, 5.41) is 14.4. The Morgan fingerprint density at radius 1 is 1.39 bits per heavy atom. The van der Waals surface area contributed by atoms with Crippen molar-refractivity contribution in [1.29, 1.82) is 0 Å². The number of hydrogen-bond donors (Lipinski definition) is 4. The second-order valence-electron chi connectivity index (χ2n) is 4.42. The van der Waals surface area contributed by atoms with Crippen molar-refractivity contribution < 1.29 is 20.2 Å². The van der Waals surface area contributed by atoms with Gasteiger partial charge in [-0.2, -0.15) is 11.8 Å². The van der Waals surface area contributed by atoms with Gasteiger partial charge >= 0.3 is 5.97 Å². The summed E-state index contributed by atoms with van der Waals surface area (Å²) in [6, 6.07) is -0.890. The molecule has 23 heavy (non-hydrogen) atoms. The number of carbonyl (C=O) groups excluding carboxylic acids is 1. The Hall–Kier alpha value is -2.40. The zero-order valence-corrected chi connectivity index (χ0v) is 13.2. The van der Waals surface area contributed by atoms with Crippen molar-refractivity contribution in [3.63, 3.8) is 0 Å². The molecule has 0 radical (unpaired) electrons. The number of carbonyl (C=O) groups is 2. The van der Waals surface area contributed by atoms with Crippen molar-refractivity contribution >= 4 is 40.6 Å². The van der Waals surface area contributed by atoms with Crippen LogP contribution in [0.3, 0.4) is 0 Å². The fraction of sp³-hybridized carbons (Fsp3) is 0.417. The van der Waals surface area contributed by atoms with E-state index in [1.165, 1.54) is 24.4 Å². The number of thioether (sulfide) groups is 1. The van der Waals surface area contributed by atoms with Crippen LogP contribution in [0.1, 0.15) is 6.42 Å². The van der Waals surface area contributed by atoms with Gasteiger partial charge in [0, 0.05) is 0 Å². The SMILES string of the molecule is CSCC[C@H](NC(=O)CNc1ncnc2nc[nH]c12)C(=O)O.O. The molecule has 11 heteroatoms. The van der Waals surface area contributed by atoms with Crippen molar-refractivity contribution in [2.24, 2.45) is 0 Å². The summed E-state index contributed by atoms with van der Waals surface area (Å²) < 4.78 is 0. The number of carboxylic acid groups (broad SMARTS) is 1. The molecule has 126 valence electrons. The average Bonchev–Trinajstić information content (AvgIpc) is 2.98. The van der Waals surface area contributed by atoms with E-state index >= 15 is 0 Å². The van der Waals surface area contributed by atoms with E-state index in [1.54, 1.807) is 0 Å². The van der Waals surface area contributed by atoms with Gasteiger partial charge in [0.1, 0.15) is 17.9 Å². The molecule has 2 aromatic heterocycles. The van der Waals surface area contributed by atoms with E-state index in [2.05, 4.69) is 30.6 Å². The topological polar surface area (TPSA) is 164 Å². The first kappa shape index (κ1) is 18.6. The van der Waals surface area contributed by atoms with E-state index in [1.807, 2.05) is 6.26 Å². The van der Waals surface area contributed by atoms with Gasteiger partial charge in [0.2, 0.25) is 5.91 Å². The number of nitrogens with one attached hydrogen (secondary N) is 3. The second kappa shape index (κ2) is 8.90. The first-order chi connectivity index (χ1) is 10.6. The zero-order chi connectivity index (χ0) is 15.9. The summed E-state index contributed by atoms with van der Waals surface area (Å²) >= 11 is 1.53. The molecule has 0 aromatic carbocycles. The molecular formula is C12H18N6O4S. The number of rotatable bonds is 8. The molecule has 10 nitrogen and oxygen atoms in total. The number of fused-ring (bicyclic) bond motifs is 1. The van der Waals surface area contributed by atoms with Crippen LogP contribution >= 0.6 is 11.8 Å². The number of H-pyrrole nitrogens is 1. The minimum Gasteiger partial charge on any atom is -0.480 e. The zero-order valence-electron chi connectivity index (χ0n) is 12.4. The van der Waals surface area contributed by atoms with Gasteiger partial charge in [0.25, 0.3) is 0 Å². The molecule has 0 saturated heterocycles. The maximum Gasteiger partial charge on any atom is 0.326 e. The summed E-state index contributed by atoms with van der Waals surface area (Å²) in [5.41, 5.74) is 1.08. The van der Waals surface area contributed by atoms with Crippen LogP contribution in [0.4, 0.5) is 5.82 Å². The van der Waals surface area contributed by atoms with Crippen molar-refractivity contribution in [3.8, 4) is 0 Å². The van der Waals surface area contributed by atoms with Crippen molar-refractivity contribution in [2.45, 2.75) is 12.5 Å². The van der Waals surface area contributed by atoms with Gasteiger partial charge in [-0.3, -0.25) is 4.79 Å². The van der Waals surface area contributed by atoms with Gasteiger partial charge in [-0.15, -0.1) is 0 Å². The highest BCUT2D eigenvalue weighted by Gasteiger charge is 2.19. The molecule has 0 fully saturated rings. The molecule has 0 unspecified atom stereocenters. The van der Waals surface area contributed by atoms with Crippen molar-refractivity contribution in [1.82, 2.24) is 25.3 Å². The van der Waals surface area contributed by atoms with Crippen LogP contribution in [0, 0.1) is 0 Å². The van der Waals surface area contributed by atoms with Crippen LogP contribution in [-0.4, -0.2) is 67.0 Å². The monoisotopic (exact) mass is 342 g/mol. The van der Waals surface area contributed by atoms with Gasteiger partial charge in [0.15, 0.2) is 11.5 Å². The Bertz CT molecular complexity index is 664. The van der Waals surface area contributed by atoms with Gasteiger partial charge in [0.05, 0.1) is 12.9 Å². The molecule has 2 aromatic rings. The fourth-order valence-electron chi connectivity index (χ4n) is 1.80. The van der Waals surface area contributed by atoms with Crippen molar-refractivity contribution in [2.75, 3.05) is 23.9 Å². The van der Waals surface area contributed by atoms with Crippen LogP contribution in [0.2, 0.25) is 0 Å². The largest absolute Gasteiger partial charge is 0.480 e. The Labute approximate surface area is 135 Å². The van der Waals surface area contributed by atoms with Crippen LogP contribution in [-0.2, 0) is 9.59 Å². The first-order valence-corrected chi connectivity index (χ1v) is 7.90. The highest BCUT2D eigenvalue weighted by Crippen LogP contribution is 2.13. The molecular weight excluding hydrogens is 324 g/mol. The summed E-state index contributed by atoms with van der Waals surface area (Å²) in [6.07, 6.45) is 5.07. The Kier molecular flexibility index (Phi) is 7.22. The summed E-state index contributed by atoms with van der Waals surface area (Å²) in [6.45, 7) is -0.0891. The number of imidazole rings is 1. The van der Waals surface area contributed by atoms with E-state index in [4.69, 9.17) is 5.11 Å². The number of nitrogens with zero attached hydrogens (tertiary/aromatic N) is 3. The molecule has 0 aliphatic heterocycles. The summed E-state index contributed by atoms with van der Waals surface area (Å²) in [4.78, 5) is 37.8. The molecule has 0 saturated carbocycles. The fourth-order valence-corrected chi connectivity index (χ4v) is 2.27. The Morgan fingerprint density at radius 3 is 2.87 bits per heavy atom. The van der Waals surface area contributed by atoms with E-state index in [0.29, 0.717) is 29.2 Å². The third-order valence-corrected chi connectivity index (χ3v) is 3.53. The first-order valence-electron chi connectivity index (χ1n) is 6.51. The summed E-state index contributed by atoms with van der Waals surface area (Å²) in [7, 11) is 0. The lowest BCUT2D eigenvalue weighted by atomic mass is 10.2. The molecule has 0 bridgehead atoms. The standard InChI is InChI=1S/C12H16N6O3S.H2O/c1-22-3-2-7(12(20)21)18-8(19)4-13-10-9-11(15-5-14-9)17-6-16-10;/h5-7H,2-4H2,1H3,(H,18,19)(H,20,21)(H2,13,14,15,16,17);1H2/t7-;/m0./s1. The summed E-state index contributed by atoms with van der Waals surface area (Å²) in [5.74, 6) is -0.362. The van der Waals surface area contributed by atoms with E-state index < -0.39 is 17.9 Å². The van der Waals surface area contributed by atoms with Crippen LogP contribution < -0.4 is 10.6 Å². The second-order valence-corrected chi connectivity index (χ2v) is 5.40. The predicted octanol–water partition coefficient (Wildman–Crippen LogP) is -0.737. The van der Waals surface area contributed by atoms with Gasteiger partial charge in [-0.1, -0.05) is 0 Å². The normalized spacial score (nSPS) is 11.5. The lowest BCUT2D eigenvalue weighted by Gasteiger charge is -2.14. The molecule has 2 heterocycles. The smallest absolute Gasteiger partial charge is 0.326 e. The number of carboxylic acids is 1. The third-order valence-electron chi connectivity index (χ3n) is 2.88. The van der Waals surface area contributed by atoms with Gasteiger partial charge in [-0.25, -0.2) is 19.7 Å². The maximum atomic E-state index is 11.9. The molecule has 2 rings (SSSR count). The highest BCUT2D eigenvalue weighted by molar-refractivity contribution is 7.98. The van der Waals surface area contributed by atoms with E-state index in [9.17, 15) is 9.59 Å². The quantitative estimate of drug-likeness (QED) is 0.487. The van der Waals surface area contributed by atoms with E-state index in [0.717, 1.165) is 0 Å². The van der Waals surface area contributed by atoms with Crippen LogP contribution in [0.5, 0.6) is 0 Å². The minimum atomic E-state index is -1.04. The lowest BCUT2D eigenvalue weighted by Crippen LogP contribution is -2.43. The lowest BCUT2D eigenvalue weighted by molar-refractivity contribution is -0.141. The van der Waals surface area contributed by atoms with E-state index in [-0.39, 0.29) is 12.0 Å². The van der Waals surface area contributed by atoms with Crippen molar-refractivity contribution in [3.05, 3.63) is 12.7 Å². The molecule has 6 N–H and O–H groups in total. The molecule has 1 atom stereocenters. The maximum absolute atomic E-state index is 11.9. The highest BCUT2D eigenvalue weighted by atomic mass is 32.2. The van der Waals surface area contributed by atoms with Gasteiger partial charge in [-0.05, 0) is 18.4 Å². The number of aromatic amines is 1. The number of hydrogen-bond acceptors (Lipinski definition) is 7. The Morgan fingerprint density at radius 2 is 2.17 bits per heavy atom. The van der Waals surface area contributed by atoms with Gasteiger partial charge < -0.3 is 26.2 Å². The van der Waals surface area contributed by atoms with Crippen LogP contribution in [0.15, 0.2) is 12.7 Å². The number of anilines is 1. The Balaban J connectivity index is 0.00000264. The number of aliphatic carboxylic acids is 1. The molecule has 0 spiro atoms. The number of amides is 1. The molecule has 1 amide bonds. The third kappa shape index (κ3) is 5.07. The number of aromatic nitrogens is 4. The molecule has 0 aliphatic rings. The minimum absolute atomic E-state index is 0. The average molecular weight is 342 g/mol. The van der Waals surface area contributed by atoms with Crippen LogP contribution in [0.25, 0.3) is 11.2 Å². The molecule has 0 aliphatic carbocycles.